The van der Waals surface area contributed by atoms with Crippen LogP contribution in [-0.4, -0.2) is 17.7 Å². The molecule has 15 heavy (non-hydrogen) atoms. The third-order valence-corrected chi connectivity index (χ3v) is 2.51. The van der Waals surface area contributed by atoms with E-state index in [1.807, 2.05) is 0 Å². The Hall–Kier alpha value is -1.00. The van der Waals surface area contributed by atoms with E-state index in [1.165, 1.54) is 6.07 Å². The molecular weight excluding hydrogens is 200 g/mol. The molecule has 1 aliphatic rings. The minimum atomic E-state index is -1.12. The highest BCUT2D eigenvalue weighted by molar-refractivity contribution is 5.22. The maximum absolute atomic E-state index is 13.2. The normalized spacial score (nSPS) is 17.8. The van der Waals surface area contributed by atoms with Gasteiger partial charge in [0.2, 0.25) is 0 Å². The van der Waals surface area contributed by atoms with E-state index in [-0.39, 0.29) is 12.1 Å². The van der Waals surface area contributed by atoms with Crippen LogP contribution in [0.3, 0.4) is 0 Å². The predicted octanol–water partition coefficient (Wildman–Crippen LogP) is 1.75. The topological polar surface area (TPSA) is 32.3 Å². The fourth-order valence-corrected chi connectivity index (χ4v) is 1.50. The number of aliphatic hydroxyl groups is 1. The van der Waals surface area contributed by atoms with Crippen molar-refractivity contribution >= 4 is 0 Å². The number of aliphatic hydroxyl groups excluding tert-OH is 1. The summed E-state index contributed by atoms with van der Waals surface area (Å²) in [5.41, 5.74) is -0.245. The summed E-state index contributed by atoms with van der Waals surface area (Å²) in [4.78, 5) is 0. The van der Waals surface area contributed by atoms with Crippen LogP contribution in [0.4, 0.5) is 8.78 Å². The van der Waals surface area contributed by atoms with Crippen molar-refractivity contribution in [2.45, 2.75) is 25.0 Å². The van der Waals surface area contributed by atoms with Crippen LogP contribution in [0.5, 0.6) is 0 Å². The Morgan fingerprint density at radius 3 is 2.47 bits per heavy atom. The van der Waals surface area contributed by atoms with Crippen LogP contribution < -0.4 is 5.32 Å². The lowest BCUT2D eigenvalue weighted by Crippen LogP contribution is -2.24. The smallest absolute Gasteiger partial charge is 0.131 e. The van der Waals surface area contributed by atoms with Gasteiger partial charge in [0.1, 0.15) is 11.6 Å². The third kappa shape index (κ3) is 2.52. The molecule has 82 valence electrons. The number of halogens is 2. The van der Waals surface area contributed by atoms with E-state index in [4.69, 9.17) is 0 Å². The molecule has 1 aliphatic carbocycles. The van der Waals surface area contributed by atoms with Gasteiger partial charge in [0.25, 0.3) is 0 Å². The Kier molecular flexibility index (Phi) is 2.98. The van der Waals surface area contributed by atoms with Gasteiger partial charge >= 0.3 is 0 Å². The Morgan fingerprint density at radius 1 is 1.33 bits per heavy atom. The Labute approximate surface area is 86.9 Å². The number of hydrogen-bond donors (Lipinski definition) is 2. The molecule has 2 rings (SSSR count). The van der Waals surface area contributed by atoms with Gasteiger partial charge in [0, 0.05) is 12.6 Å². The van der Waals surface area contributed by atoms with E-state index in [0.717, 1.165) is 25.0 Å². The Morgan fingerprint density at radius 2 is 1.93 bits per heavy atom. The van der Waals surface area contributed by atoms with Gasteiger partial charge in [-0.1, -0.05) is 6.07 Å². The van der Waals surface area contributed by atoms with Crippen molar-refractivity contribution in [2.24, 2.45) is 0 Å². The molecule has 2 N–H and O–H groups in total. The molecule has 2 nitrogen and oxygen atoms in total. The van der Waals surface area contributed by atoms with E-state index in [2.05, 4.69) is 5.32 Å². The van der Waals surface area contributed by atoms with E-state index in [0.29, 0.717) is 6.04 Å². The lowest BCUT2D eigenvalue weighted by Gasteiger charge is -2.13. The Bertz CT molecular complexity index is 332. The van der Waals surface area contributed by atoms with Crippen LogP contribution in [0, 0.1) is 11.6 Å². The molecule has 1 saturated carbocycles. The average Bonchev–Trinajstić information content (AvgIpc) is 2.97. The van der Waals surface area contributed by atoms with E-state index < -0.39 is 17.7 Å². The minimum absolute atomic E-state index is 0.197. The number of nitrogens with one attached hydrogen (secondary N) is 1. The molecule has 1 unspecified atom stereocenters. The summed E-state index contributed by atoms with van der Waals surface area (Å²) in [6, 6.07) is 4.00. The van der Waals surface area contributed by atoms with Crippen molar-refractivity contribution in [3.63, 3.8) is 0 Å². The fraction of sp³-hybridized carbons (Fsp3) is 0.455. The maximum atomic E-state index is 13.2. The molecule has 1 atom stereocenters. The summed E-state index contributed by atoms with van der Waals surface area (Å²) in [6.45, 7) is 0.197. The van der Waals surface area contributed by atoms with Gasteiger partial charge < -0.3 is 10.4 Å². The summed E-state index contributed by atoms with van der Waals surface area (Å²) in [5.74, 6) is -1.39. The van der Waals surface area contributed by atoms with Crippen molar-refractivity contribution in [1.82, 2.24) is 5.32 Å². The van der Waals surface area contributed by atoms with Gasteiger partial charge in [-0.15, -0.1) is 0 Å². The zero-order valence-corrected chi connectivity index (χ0v) is 8.21. The van der Waals surface area contributed by atoms with Gasteiger partial charge in [0.15, 0.2) is 0 Å². The fourth-order valence-electron chi connectivity index (χ4n) is 1.50. The lowest BCUT2D eigenvalue weighted by molar-refractivity contribution is 0.164. The van der Waals surface area contributed by atoms with Crippen molar-refractivity contribution in [1.29, 1.82) is 0 Å². The van der Waals surface area contributed by atoms with E-state index >= 15 is 0 Å². The molecule has 0 spiro atoms. The first-order chi connectivity index (χ1) is 7.18. The first-order valence-corrected chi connectivity index (χ1v) is 5.04. The highest BCUT2D eigenvalue weighted by Crippen LogP contribution is 2.23. The average molecular weight is 213 g/mol. The molecule has 0 aliphatic heterocycles. The molecule has 0 saturated heterocycles. The molecule has 4 heteroatoms. The summed E-state index contributed by atoms with van der Waals surface area (Å²) < 4.78 is 26.4. The monoisotopic (exact) mass is 213 g/mol. The van der Waals surface area contributed by atoms with Gasteiger partial charge in [-0.05, 0) is 25.0 Å². The predicted molar refractivity (Wildman–Crippen MR) is 52.3 cm³/mol. The SMILES string of the molecule is OC(CNC1CC1)c1c(F)cccc1F. The zero-order valence-electron chi connectivity index (χ0n) is 8.21. The number of hydrogen-bond acceptors (Lipinski definition) is 2. The highest BCUT2D eigenvalue weighted by atomic mass is 19.1. The first-order valence-electron chi connectivity index (χ1n) is 5.04. The molecule has 1 aromatic carbocycles. The van der Waals surface area contributed by atoms with Crippen molar-refractivity contribution in [3.8, 4) is 0 Å². The quantitative estimate of drug-likeness (QED) is 0.798. The molecule has 0 amide bonds. The minimum Gasteiger partial charge on any atom is -0.387 e. The summed E-state index contributed by atoms with van der Waals surface area (Å²) in [6.07, 6.45) is 1.03. The van der Waals surface area contributed by atoms with Crippen molar-refractivity contribution in [3.05, 3.63) is 35.4 Å². The molecule has 1 aromatic rings. The van der Waals surface area contributed by atoms with Crippen LogP contribution in [0.2, 0.25) is 0 Å². The largest absolute Gasteiger partial charge is 0.387 e. The second-order valence-corrected chi connectivity index (χ2v) is 3.83. The maximum Gasteiger partial charge on any atom is 0.131 e. The first kappa shape index (κ1) is 10.5. The molecule has 1 fully saturated rings. The van der Waals surface area contributed by atoms with Crippen LogP contribution in [0.25, 0.3) is 0 Å². The van der Waals surface area contributed by atoms with Gasteiger partial charge in [-0.3, -0.25) is 0 Å². The van der Waals surface area contributed by atoms with Crippen LogP contribution in [0.15, 0.2) is 18.2 Å². The summed E-state index contributed by atoms with van der Waals surface area (Å²) in [7, 11) is 0. The standard InChI is InChI=1S/C11H13F2NO/c12-8-2-1-3-9(13)11(8)10(15)6-14-7-4-5-7/h1-3,7,10,14-15H,4-6H2. The second kappa shape index (κ2) is 4.24. The van der Waals surface area contributed by atoms with Gasteiger partial charge in [0.05, 0.1) is 11.7 Å². The van der Waals surface area contributed by atoms with Gasteiger partial charge in [-0.25, -0.2) is 8.78 Å². The molecular formula is C11H13F2NO. The van der Waals surface area contributed by atoms with E-state index in [1.54, 1.807) is 0 Å². The number of benzene rings is 1. The summed E-state index contributed by atoms with van der Waals surface area (Å²) in [5, 5.41) is 12.6. The molecule has 0 bridgehead atoms. The molecule has 0 radical (unpaired) electrons. The Balaban J connectivity index is 2.05. The van der Waals surface area contributed by atoms with Crippen molar-refractivity contribution in [2.75, 3.05) is 6.54 Å². The van der Waals surface area contributed by atoms with Gasteiger partial charge in [-0.2, -0.15) is 0 Å². The van der Waals surface area contributed by atoms with Crippen LogP contribution >= 0.6 is 0 Å². The second-order valence-electron chi connectivity index (χ2n) is 3.83. The van der Waals surface area contributed by atoms with E-state index in [9.17, 15) is 13.9 Å². The highest BCUT2D eigenvalue weighted by Gasteiger charge is 2.23. The molecule has 0 heterocycles. The third-order valence-electron chi connectivity index (χ3n) is 2.51. The lowest BCUT2D eigenvalue weighted by atomic mass is 10.1. The van der Waals surface area contributed by atoms with Crippen molar-refractivity contribution < 1.29 is 13.9 Å². The van der Waals surface area contributed by atoms with Crippen LogP contribution in [0.1, 0.15) is 24.5 Å². The molecule has 0 aromatic heterocycles. The number of rotatable bonds is 4. The van der Waals surface area contributed by atoms with Crippen LogP contribution in [-0.2, 0) is 0 Å². The summed E-state index contributed by atoms with van der Waals surface area (Å²) >= 11 is 0. The zero-order chi connectivity index (χ0) is 10.8.